The number of urea groups is 1. The van der Waals surface area contributed by atoms with Gasteiger partial charge in [-0.3, -0.25) is 4.79 Å². The van der Waals surface area contributed by atoms with Gasteiger partial charge in [-0.1, -0.05) is 5.16 Å². The van der Waals surface area contributed by atoms with E-state index in [1.165, 1.54) is 0 Å². The third kappa shape index (κ3) is 4.45. The first-order valence-corrected chi connectivity index (χ1v) is 9.23. The molecule has 0 unspecified atom stereocenters. The second-order valence-electron chi connectivity index (χ2n) is 6.70. The van der Waals surface area contributed by atoms with Crippen molar-refractivity contribution in [2.75, 3.05) is 25.0 Å². The van der Waals surface area contributed by atoms with E-state index in [9.17, 15) is 9.59 Å². The van der Waals surface area contributed by atoms with Gasteiger partial charge in [0.25, 0.3) is 5.91 Å². The van der Waals surface area contributed by atoms with Gasteiger partial charge in [0.1, 0.15) is 0 Å². The van der Waals surface area contributed by atoms with E-state index in [1.54, 1.807) is 24.0 Å². The maximum Gasteiger partial charge on any atom is 0.322 e. The van der Waals surface area contributed by atoms with Crippen molar-refractivity contribution in [3.05, 3.63) is 41.0 Å². The van der Waals surface area contributed by atoms with E-state index < -0.39 is 0 Å². The molecule has 0 aliphatic carbocycles. The van der Waals surface area contributed by atoms with Gasteiger partial charge in [0.15, 0.2) is 5.82 Å². The van der Waals surface area contributed by atoms with Gasteiger partial charge in [0, 0.05) is 37.8 Å². The molecule has 3 amide bonds. The maximum atomic E-state index is 12.6. The Morgan fingerprint density at radius 1 is 1.26 bits per heavy atom. The van der Waals surface area contributed by atoms with Gasteiger partial charge in [0.2, 0.25) is 5.89 Å². The standard InChI is InChI=1S/C19H25N5O3/c1-4-23(12-17-20-14(3)27-22-17)19(26)21-16-8-7-15(11-13(16)2)18(25)24-9-5-6-10-24/h7-8,11H,4-6,9-10,12H2,1-3H3,(H,21,26). The van der Waals surface area contributed by atoms with Crippen LogP contribution in [0.3, 0.4) is 0 Å². The first-order chi connectivity index (χ1) is 13.0. The van der Waals surface area contributed by atoms with Crippen LogP contribution in [0, 0.1) is 13.8 Å². The highest BCUT2D eigenvalue weighted by Crippen LogP contribution is 2.20. The predicted octanol–water partition coefficient (Wildman–Crippen LogP) is 2.98. The monoisotopic (exact) mass is 371 g/mol. The SMILES string of the molecule is CCN(Cc1noc(C)n1)C(=O)Nc1ccc(C(=O)N2CCCC2)cc1C. The van der Waals surface area contributed by atoms with Crippen molar-refractivity contribution in [2.24, 2.45) is 0 Å². The van der Waals surface area contributed by atoms with Crippen molar-refractivity contribution >= 4 is 17.6 Å². The number of anilines is 1. The van der Waals surface area contributed by atoms with Crippen LogP contribution in [0.2, 0.25) is 0 Å². The lowest BCUT2D eigenvalue weighted by Crippen LogP contribution is -2.34. The molecule has 1 saturated heterocycles. The number of aromatic nitrogens is 2. The smallest absolute Gasteiger partial charge is 0.322 e. The Hall–Kier alpha value is -2.90. The van der Waals surface area contributed by atoms with E-state index in [4.69, 9.17) is 4.52 Å². The van der Waals surface area contributed by atoms with E-state index in [-0.39, 0.29) is 18.5 Å². The number of hydrogen-bond acceptors (Lipinski definition) is 5. The minimum atomic E-state index is -0.248. The van der Waals surface area contributed by atoms with Crippen LogP contribution in [0.4, 0.5) is 10.5 Å². The molecule has 1 aliphatic rings. The molecule has 8 heteroatoms. The molecule has 3 rings (SSSR count). The molecular weight excluding hydrogens is 346 g/mol. The summed E-state index contributed by atoms with van der Waals surface area (Å²) in [6.45, 7) is 7.89. The maximum absolute atomic E-state index is 12.6. The summed E-state index contributed by atoms with van der Waals surface area (Å²) in [5, 5.41) is 6.73. The zero-order valence-electron chi connectivity index (χ0n) is 16.0. The van der Waals surface area contributed by atoms with Crippen LogP contribution in [0.1, 0.15) is 47.4 Å². The molecule has 0 atom stereocenters. The first-order valence-electron chi connectivity index (χ1n) is 9.23. The fraction of sp³-hybridized carbons (Fsp3) is 0.474. The number of rotatable bonds is 5. The summed E-state index contributed by atoms with van der Waals surface area (Å²) in [5.74, 6) is 0.986. The van der Waals surface area contributed by atoms with Crippen molar-refractivity contribution in [1.82, 2.24) is 19.9 Å². The number of aryl methyl sites for hydroxylation is 2. The number of benzene rings is 1. The van der Waals surface area contributed by atoms with Gasteiger partial charge in [0.05, 0.1) is 6.54 Å². The fourth-order valence-corrected chi connectivity index (χ4v) is 3.14. The number of nitrogens with zero attached hydrogens (tertiary/aromatic N) is 4. The average Bonchev–Trinajstić information content (AvgIpc) is 3.32. The average molecular weight is 371 g/mol. The minimum Gasteiger partial charge on any atom is -0.340 e. The molecule has 1 fully saturated rings. The molecule has 0 saturated carbocycles. The second-order valence-corrected chi connectivity index (χ2v) is 6.70. The lowest BCUT2D eigenvalue weighted by Gasteiger charge is -2.21. The molecule has 0 radical (unpaired) electrons. The van der Waals surface area contributed by atoms with Crippen molar-refractivity contribution in [1.29, 1.82) is 0 Å². The van der Waals surface area contributed by atoms with Crippen LogP contribution in [0.15, 0.2) is 22.7 Å². The van der Waals surface area contributed by atoms with Gasteiger partial charge in [-0.15, -0.1) is 0 Å². The lowest BCUT2D eigenvalue weighted by molar-refractivity contribution is 0.0792. The molecule has 1 aliphatic heterocycles. The predicted molar refractivity (Wildman–Crippen MR) is 100 cm³/mol. The van der Waals surface area contributed by atoms with E-state index in [0.29, 0.717) is 29.5 Å². The quantitative estimate of drug-likeness (QED) is 0.872. The van der Waals surface area contributed by atoms with E-state index in [1.807, 2.05) is 24.8 Å². The summed E-state index contributed by atoms with van der Waals surface area (Å²) in [4.78, 5) is 32.7. The van der Waals surface area contributed by atoms with Gasteiger partial charge in [-0.2, -0.15) is 4.98 Å². The van der Waals surface area contributed by atoms with Crippen molar-refractivity contribution < 1.29 is 14.1 Å². The van der Waals surface area contributed by atoms with Crippen molar-refractivity contribution in [2.45, 2.75) is 40.2 Å². The van der Waals surface area contributed by atoms with Crippen LogP contribution in [0.25, 0.3) is 0 Å². The molecule has 1 aromatic carbocycles. The van der Waals surface area contributed by atoms with Gasteiger partial charge < -0.3 is 19.6 Å². The number of nitrogens with one attached hydrogen (secondary N) is 1. The van der Waals surface area contributed by atoms with E-state index >= 15 is 0 Å². The Labute approximate surface area is 158 Å². The first kappa shape index (κ1) is 18.9. The van der Waals surface area contributed by atoms with Crippen LogP contribution in [-0.4, -0.2) is 51.5 Å². The Morgan fingerprint density at radius 2 is 2.00 bits per heavy atom. The minimum absolute atomic E-state index is 0.0520. The van der Waals surface area contributed by atoms with E-state index in [0.717, 1.165) is 31.5 Å². The second kappa shape index (κ2) is 8.20. The van der Waals surface area contributed by atoms with Crippen LogP contribution in [-0.2, 0) is 6.54 Å². The molecule has 1 N–H and O–H groups in total. The molecule has 2 aromatic rings. The largest absolute Gasteiger partial charge is 0.340 e. The van der Waals surface area contributed by atoms with Gasteiger partial charge in [-0.05, 0) is 50.5 Å². The van der Waals surface area contributed by atoms with Crippen LogP contribution >= 0.6 is 0 Å². The summed E-state index contributed by atoms with van der Waals surface area (Å²) in [6.07, 6.45) is 2.12. The normalized spacial score (nSPS) is 13.7. The lowest BCUT2D eigenvalue weighted by atomic mass is 10.1. The Bertz CT molecular complexity index is 827. The number of amides is 3. The number of carbonyl (C=O) groups is 2. The summed E-state index contributed by atoms with van der Waals surface area (Å²) in [7, 11) is 0. The number of likely N-dealkylation sites (tertiary alicyclic amines) is 1. The molecule has 8 nitrogen and oxygen atoms in total. The van der Waals surface area contributed by atoms with E-state index in [2.05, 4.69) is 15.5 Å². The summed E-state index contributed by atoms with van der Waals surface area (Å²) >= 11 is 0. The third-order valence-electron chi connectivity index (χ3n) is 4.68. The molecular formula is C19H25N5O3. The summed E-state index contributed by atoms with van der Waals surface area (Å²) in [6, 6.07) is 5.13. The molecule has 2 heterocycles. The summed E-state index contributed by atoms with van der Waals surface area (Å²) in [5.41, 5.74) is 2.18. The third-order valence-corrected chi connectivity index (χ3v) is 4.68. The fourth-order valence-electron chi connectivity index (χ4n) is 3.14. The zero-order chi connectivity index (χ0) is 19.4. The van der Waals surface area contributed by atoms with Crippen molar-refractivity contribution in [3.8, 4) is 0 Å². The van der Waals surface area contributed by atoms with Crippen molar-refractivity contribution in [3.63, 3.8) is 0 Å². The summed E-state index contributed by atoms with van der Waals surface area (Å²) < 4.78 is 4.95. The Kier molecular flexibility index (Phi) is 5.73. The highest BCUT2D eigenvalue weighted by atomic mass is 16.5. The van der Waals surface area contributed by atoms with Crippen LogP contribution < -0.4 is 5.32 Å². The highest BCUT2D eigenvalue weighted by molar-refractivity contribution is 5.96. The Balaban J connectivity index is 1.66. The number of hydrogen-bond donors (Lipinski definition) is 1. The Morgan fingerprint density at radius 3 is 2.59 bits per heavy atom. The highest BCUT2D eigenvalue weighted by Gasteiger charge is 2.21. The molecule has 0 bridgehead atoms. The molecule has 144 valence electrons. The van der Waals surface area contributed by atoms with Gasteiger partial charge in [-0.25, -0.2) is 4.79 Å². The van der Waals surface area contributed by atoms with Gasteiger partial charge >= 0.3 is 6.03 Å². The molecule has 0 spiro atoms. The topological polar surface area (TPSA) is 91.6 Å². The molecule has 27 heavy (non-hydrogen) atoms. The number of carbonyl (C=O) groups excluding carboxylic acids is 2. The zero-order valence-corrected chi connectivity index (χ0v) is 16.0. The van der Waals surface area contributed by atoms with Crippen LogP contribution in [0.5, 0.6) is 0 Å². The molecule has 1 aromatic heterocycles.